The number of para-hydroxylation sites is 1. The van der Waals surface area contributed by atoms with Crippen molar-refractivity contribution in [3.63, 3.8) is 0 Å². The summed E-state index contributed by atoms with van der Waals surface area (Å²) >= 11 is 0. The Labute approximate surface area is 194 Å². The Hall–Kier alpha value is -2.82. The van der Waals surface area contributed by atoms with Crippen molar-refractivity contribution in [3.05, 3.63) is 41.5 Å². The average molecular weight is 456 g/mol. The van der Waals surface area contributed by atoms with Gasteiger partial charge >= 0.3 is 5.97 Å². The van der Waals surface area contributed by atoms with Gasteiger partial charge in [-0.25, -0.2) is 0 Å². The second kappa shape index (κ2) is 11.4. The molecule has 178 valence electrons. The van der Waals surface area contributed by atoms with Gasteiger partial charge in [-0.1, -0.05) is 37.3 Å². The van der Waals surface area contributed by atoms with E-state index < -0.39 is 18.2 Å². The van der Waals surface area contributed by atoms with E-state index in [0.717, 1.165) is 16.9 Å². The summed E-state index contributed by atoms with van der Waals surface area (Å²) in [6.07, 6.45) is 5.02. The van der Waals surface area contributed by atoms with Gasteiger partial charge < -0.3 is 25.4 Å². The molecule has 1 aliphatic carbocycles. The number of fused-ring (bicyclic) bond motifs is 3. The second-order valence-corrected chi connectivity index (χ2v) is 8.91. The third-order valence-electron chi connectivity index (χ3n) is 6.49. The summed E-state index contributed by atoms with van der Waals surface area (Å²) in [5.74, 6) is 5.20. The minimum atomic E-state index is -1.06. The molecule has 0 spiro atoms. The standard InChI is InChI=1S/C26H33NO6/c1-3-4-7-16(2)20(28)13-12-18-21(29)14-22-25(18)19-10-5-8-17(26(19)33-22)9-6-11-23(30)27-15-24(31)32/h5,8,10,12-13,16,18,20-22,25,28-29H,6-7,9,11,14-15H2,1-2H3,(H,27,30)(H,31,32)/b13-12+/t16-,18-,20+,21+,22-,25-/m0/s1. The number of nitrogens with one attached hydrogen (secondary N) is 1. The predicted octanol–water partition coefficient (Wildman–Crippen LogP) is 2.40. The molecule has 0 radical (unpaired) electrons. The van der Waals surface area contributed by atoms with Crippen molar-refractivity contribution < 1.29 is 29.6 Å². The van der Waals surface area contributed by atoms with Crippen molar-refractivity contribution in [2.24, 2.45) is 11.8 Å². The summed E-state index contributed by atoms with van der Waals surface area (Å²) in [5, 5.41) is 32.1. The Morgan fingerprint density at radius 2 is 2.15 bits per heavy atom. The minimum Gasteiger partial charge on any atom is -0.489 e. The predicted molar refractivity (Wildman–Crippen MR) is 124 cm³/mol. The molecule has 1 aromatic rings. The Morgan fingerprint density at radius 3 is 2.88 bits per heavy atom. The van der Waals surface area contributed by atoms with Crippen LogP contribution < -0.4 is 10.1 Å². The van der Waals surface area contributed by atoms with E-state index in [4.69, 9.17) is 9.84 Å². The number of aliphatic hydroxyl groups is 2. The number of benzene rings is 1. The lowest BCUT2D eigenvalue weighted by molar-refractivity contribution is -0.137. The number of aliphatic carboxylic acids is 1. The highest BCUT2D eigenvalue weighted by molar-refractivity contribution is 5.81. The number of ether oxygens (including phenoxy) is 1. The van der Waals surface area contributed by atoms with Crippen molar-refractivity contribution in [2.45, 2.75) is 70.2 Å². The molecule has 4 N–H and O–H groups in total. The molecule has 1 heterocycles. The Morgan fingerprint density at radius 1 is 1.36 bits per heavy atom. The first-order chi connectivity index (χ1) is 15.8. The lowest BCUT2D eigenvalue weighted by Gasteiger charge is -2.19. The quantitative estimate of drug-likeness (QED) is 0.318. The van der Waals surface area contributed by atoms with Crippen LogP contribution in [0.3, 0.4) is 0 Å². The van der Waals surface area contributed by atoms with Crippen molar-refractivity contribution >= 4 is 11.9 Å². The average Bonchev–Trinajstić information content (AvgIpc) is 3.29. The van der Waals surface area contributed by atoms with Crippen molar-refractivity contribution in [3.8, 4) is 17.6 Å². The largest absolute Gasteiger partial charge is 0.489 e. The number of carboxylic acids is 1. The van der Waals surface area contributed by atoms with Crippen molar-refractivity contribution in [2.75, 3.05) is 6.54 Å². The van der Waals surface area contributed by atoms with Gasteiger partial charge in [0.25, 0.3) is 0 Å². The van der Waals surface area contributed by atoms with E-state index in [-0.39, 0.29) is 42.7 Å². The number of carbonyl (C=O) groups is 2. The van der Waals surface area contributed by atoms with Crippen LogP contribution in [0.5, 0.6) is 5.75 Å². The number of aliphatic hydroxyl groups excluding tert-OH is 2. The molecule has 7 nitrogen and oxygen atoms in total. The van der Waals surface area contributed by atoms with Gasteiger partial charge in [0.2, 0.25) is 5.91 Å². The van der Waals surface area contributed by atoms with E-state index >= 15 is 0 Å². The van der Waals surface area contributed by atoms with Gasteiger partial charge in [0, 0.05) is 36.7 Å². The van der Waals surface area contributed by atoms with Crippen LogP contribution in [0.2, 0.25) is 0 Å². The number of carbonyl (C=O) groups excluding carboxylic acids is 1. The molecular formula is C26H33NO6. The Balaban J connectivity index is 1.66. The molecule has 7 heteroatoms. The van der Waals surface area contributed by atoms with Crippen LogP contribution in [-0.4, -0.2) is 52.1 Å². The van der Waals surface area contributed by atoms with Gasteiger partial charge in [-0.05, 0) is 31.2 Å². The SMILES string of the molecule is CC#CC[C@H](C)[C@H](O)/C=C/[C@@H]1[C@H]2c3cccc(CCCC(=O)NCC(=O)O)c3O[C@H]2C[C@H]1O. The fraction of sp³-hybridized carbons (Fsp3) is 0.538. The van der Waals surface area contributed by atoms with E-state index in [0.29, 0.717) is 25.7 Å². The Bertz CT molecular complexity index is 946. The molecule has 6 atom stereocenters. The molecule has 1 aliphatic heterocycles. The molecule has 1 fully saturated rings. The molecule has 33 heavy (non-hydrogen) atoms. The second-order valence-electron chi connectivity index (χ2n) is 8.91. The van der Waals surface area contributed by atoms with Gasteiger partial charge in [-0.15, -0.1) is 11.8 Å². The van der Waals surface area contributed by atoms with Crippen LogP contribution >= 0.6 is 0 Å². The number of hydrogen-bond donors (Lipinski definition) is 4. The van der Waals surface area contributed by atoms with Crippen LogP contribution in [0.25, 0.3) is 0 Å². The molecule has 3 rings (SSSR count). The third kappa shape index (κ3) is 6.16. The van der Waals surface area contributed by atoms with E-state index in [2.05, 4.69) is 17.2 Å². The summed E-state index contributed by atoms with van der Waals surface area (Å²) in [6, 6.07) is 5.98. The smallest absolute Gasteiger partial charge is 0.322 e. The molecular weight excluding hydrogens is 422 g/mol. The molecule has 0 bridgehead atoms. The number of rotatable bonds is 10. The summed E-state index contributed by atoms with van der Waals surface area (Å²) in [4.78, 5) is 22.3. The molecule has 2 aliphatic rings. The van der Waals surface area contributed by atoms with Crippen molar-refractivity contribution in [1.82, 2.24) is 5.32 Å². The zero-order chi connectivity index (χ0) is 24.0. The van der Waals surface area contributed by atoms with Gasteiger partial charge in [-0.2, -0.15) is 0 Å². The lowest BCUT2D eigenvalue weighted by Crippen LogP contribution is -2.29. The number of aryl methyl sites for hydroxylation is 1. The molecule has 0 saturated heterocycles. The van der Waals surface area contributed by atoms with E-state index in [1.165, 1.54) is 0 Å². The number of hydrogen-bond acceptors (Lipinski definition) is 5. The summed E-state index contributed by atoms with van der Waals surface area (Å²) in [5.41, 5.74) is 2.07. The van der Waals surface area contributed by atoms with Crippen LogP contribution in [0.1, 0.15) is 56.6 Å². The van der Waals surface area contributed by atoms with Gasteiger partial charge in [0.05, 0.1) is 12.2 Å². The first kappa shape index (κ1) is 24.8. The van der Waals surface area contributed by atoms with Gasteiger partial charge in [-0.3, -0.25) is 9.59 Å². The zero-order valence-corrected chi connectivity index (χ0v) is 19.2. The first-order valence-electron chi connectivity index (χ1n) is 11.5. The molecule has 1 amide bonds. The molecule has 1 aromatic carbocycles. The van der Waals surface area contributed by atoms with Gasteiger partial charge in [0.1, 0.15) is 18.4 Å². The fourth-order valence-corrected chi connectivity index (χ4v) is 4.68. The summed E-state index contributed by atoms with van der Waals surface area (Å²) in [6.45, 7) is 3.36. The lowest BCUT2D eigenvalue weighted by atomic mass is 9.86. The summed E-state index contributed by atoms with van der Waals surface area (Å²) < 4.78 is 6.25. The van der Waals surface area contributed by atoms with E-state index in [1.807, 2.05) is 31.2 Å². The first-order valence-corrected chi connectivity index (χ1v) is 11.5. The monoisotopic (exact) mass is 455 g/mol. The van der Waals surface area contributed by atoms with Crippen LogP contribution in [0.15, 0.2) is 30.4 Å². The van der Waals surface area contributed by atoms with Gasteiger partial charge in [0.15, 0.2) is 0 Å². The van der Waals surface area contributed by atoms with Crippen molar-refractivity contribution in [1.29, 1.82) is 0 Å². The number of carboxylic acid groups (broad SMARTS) is 1. The van der Waals surface area contributed by atoms with Crippen LogP contribution in [-0.2, 0) is 16.0 Å². The highest BCUT2D eigenvalue weighted by Crippen LogP contribution is 2.52. The fourth-order valence-electron chi connectivity index (χ4n) is 4.68. The normalized spacial score (nSPS) is 24.8. The molecule has 1 saturated carbocycles. The van der Waals surface area contributed by atoms with Crippen LogP contribution in [0.4, 0.5) is 0 Å². The topological polar surface area (TPSA) is 116 Å². The zero-order valence-electron chi connectivity index (χ0n) is 19.2. The third-order valence-corrected chi connectivity index (χ3v) is 6.49. The maximum Gasteiger partial charge on any atom is 0.322 e. The highest BCUT2D eigenvalue weighted by atomic mass is 16.5. The van der Waals surface area contributed by atoms with Crippen LogP contribution in [0, 0.1) is 23.7 Å². The molecule has 0 aromatic heterocycles. The van der Waals surface area contributed by atoms with E-state index in [1.54, 1.807) is 13.0 Å². The maximum atomic E-state index is 11.8. The minimum absolute atomic E-state index is 0.00876. The molecule has 0 unspecified atom stereocenters. The number of amides is 1. The van der Waals surface area contributed by atoms with E-state index in [9.17, 15) is 19.8 Å². The highest BCUT2D eigenvalue weighted by Gasteiger charge is 2.48. The maximum absolute atomic E-state index is 11.8. The summed E-state index contributed by atoms with van der Waals surface area (Å²) in [7, 11) is 0. The Kier molecular flexibility index (Phi) is 8.54.